The SMILES string of the molecule is CC1CCCCN1C(=O)c1nnn(-c2ccc(F)cc2)n1. The lowest BCUT2D eigenvalue weighted by molar-refractivity contribution is 0.0622. The summed E-state index contributed by atoms with van der Waals surface area (Å²) in [5.41, 5.74) is 0.564. The average molecular weight is 289 g/mol. The van der Waals surface area contributed by atoms with Gasteiger partial charge in [-0.1, -0.05) is 0 Å². The summed E-state index contributed by atoms with van der Waals surface area (Å²) < 4.78 is 12.9. The van der Waals surface area contributed by atoms with Gasteiger partial charge in [0.05, 0.1) is 5.69 Å². The number of carbonyl (C=O) groups is 1. The molecule has 6 nitrogen and oxygen atoms in total. The number of hydrogen-bond acceptors (Lipinski definition) is 4. The topological polar surface area (TPSA) is 63.9 Å². The van der Waals surface area contributed by atoms with Gasteiger partial charge < -0.3 is 4.90 Å². The molecule has 2 aromatic rings. The Balaban J connectivity index is 1.81. The minimum atomic E-state index is -0.336. The number of aromatic nitrogens is 4. The number of rotatable bonds is 2. The van der Waals surface area contributed by atoms with Crippen molar-refractivity contribution in [3.63, 3.8) is 0 Å². The molecule has 1 atom stereocenters. The monoisotopic (exact) mass is 289 g/mol. The summed E-state index contributed by atoms with van der Waals surface area (Å²) in [6.45, 7) is 2.76. The summed E-state index contributed by atoms with van der Waals surface area (Å²) in [6, 6.07) is 5.90. The van der Waals surface area contributed by atoms with E-state index in [0.29, 0.717) is 5.69 Å². The summed E-state index contributed by atoms with van der Waals surface area (Å²) in [5.74, 6) is -0.457. The Bertz CT molecular complexity index is 639. The van der Waals surface area contributed by atoms with Crippen molar-refractivity contribution in [1.82, 2.24) is 25.1 Å². The highest BCUT2D eigenvalue weighted by molar-refractivity contribution is 5.90. The number of tetrazole rings is 1. The first-order valence-electron chi connectivity index (χ1n) is 7.02. The second-order valence-electron chi connectivity index (χ2n) is 5.22. The third kappa shape index (κ3) is 2.76. The molecule has 1 aromatic carbocycles. The molecule has 1 unspecified atom stereocenters. The van der Waals surface area contributed by atoms with Crippen LogP contribution < -0.4 is 0 Å². The normalized spacial score (nSPS) is 18.8. The van der Waals surface area contributed by atoms with E-state index in [4.69, 9.17) is 0 Å². The van der Waals surface area contributed by atoms with Crippen LogP contribution in [0.25, 0.3) is 5.69 Å². The smallest absolute Gasteiger partial charge is 0.295 e. The van der Waals surface area contributed by atoms with Crippen molar-refractivity contribution < 1.29 is 9.18 Å². The van der Waals surface area contributed by atoms with Crippen LogP contribution in [0.1, 0.15) is 36.8 Å². The van der Waals surface area contributed by atoms with Crippen molar-refractivity contribution >= 4 is 5.91 Å². The summed E-state index contributed by atoms with van der Waals surface area (Å²) in [4.78, 5) is 15.4. The minimum Gasteiger partial charge on any atom is -0.333 e. The predicted octanol–water partition coefficient (Wildman–Crippen LogP) is 1.82. The van der Waals surface area contributed by atoms with E-state index < -0.39 is 0 Å². The molecule has 1 aromatic heterocycles. The highest BCUT2D eigenvalue weighted by Crippen LogP contribution is 2.18. The van der Waals surface area contributed by atoms with Gasteiger partial charge >= 0.3 is 0 Å². The van der Waals surface area contributed by atoms with Gasteiger partial charge in [0, 0.05) is 12.6 Å². The third-order valence-corrected chi connectivity index (χ3v) is 3.73. The predicted molar refractivity (Wildman–Crippen MR) is 73.5 cm³/mol. The van der Waals surface area contributed by atoms with E-state index in [9.17, 15) is 9.18 Å². The molecule has 2 heterocycles. The standard InChI is InChI=1S/C14H16FN5O/c1-10-4-2-3-9-19(10)14(21)13-16-18-20(17-13)12-7-5-11(15)6-8-12/h5-8,10H,2-4,9H2,1H3. The van der Waals surface area contributed by atoms with Crippen LogP contribution in [0.3, 0.4) is 0 Å². The van der Waals surface area contributed by atoms with Gasteiger partial charge in [0.1, 0.15) is 5.82 Å². The summed E-state index contributed by atoms with van der Waals surface area (Å²) in [6.07, 6.45) is 3.14. The first kappa shape index (κ1) is 13.7. The fourth-order valence-corrected chi connectivity index (χ4v) is 2.51. The lowest BCUT2D eigenvalue weighted by Gasteiger charge is -2.32. The lowest BCUT2D eigenvalue weighted by Crippen LogP contribution is -2.42. The molecule has 3 rings (SSSR count). The van der Waals surface area contributed by atoms with Gasteiger partial charge in [0.2, 0.25) is 0 Å². The van der Waals surface area contributed by atoms with Gasteiger partial charge in [0.15, 0.2) is 0 Å². The zero-order valence-corrected chi connectivity index (χ0v) is 11.7. The third-order valence-electron chi connectivity index (χ3n) is 3.73. The van der Waals surface area contributed by atoms with Crippen molar-refractivity contribution in [3.05, 3.63) is 35.9 Å². The van der Waals surface area contributed by atoms with Crippen LogP contribution in [0.15, 0.2) is 24.3 Å². The minimum absolute atomic E-state index is 0.0769. The number of amides is 1. The molecule has 0 saturated carbocycles. The Kier molecular flexibility index (Phi) is 3.64. The summed E-state index contributed by atoms with van der Waals surface area (Å²) in [5, 5.41) is 11.8. The van der Waals surface area contributed by atoms with Crippen molar-refractivity contribution in [2.24, 2.45) is 0 Å². The van der Waals surface area contributed by atoms with E-state index in [1.165, 1.54) is 29.1 Å². The number of hydrogen-bond donors (Lipinski definition) is 0. The lowest BCUT2D eigenvalue weighted by atomic mass is 10.0. The first-order valence-corrected chi connectivity index (χ1v) is 7.02. The summed E-state index contributed by atoms with van der Waals surface area (Å²) >= 11 is 0. The number of benzene rings is 1. The van der Waals surface area contributed by atoms with Crippen molar-refractivity contribution in [2.45, 2.75) is 32.2 Å². The second kappa shape index (κ2) is 5.59. The van der Waals surface area contributed by atoms with Crippen LogP contribution in [-0.4, -0.2) is 43.6 Å². The Morgan fingerprint density at radius 1 is 1.29 bits per heavy atom. The maximum Gasteiger partial charge on any atom is 0.295 e. The Morgan fingerprint density at radius 3 is 2.76 bits per heavy atom. The zero-order valence-electron chi connectivity index (χ0n) is 11.7. The number of piperidine rings is 1. The first-order chi connectivity index (χ1) is 10.1. The molecule has 1 saturated heterocycles. The Hall–Kier alpha value is -2.31. The maximum atomic E-state index is 12.9. The van der Waals surface area contributed by atoms with Gasteiger partial charge in [-0.25, -0.2) is 4.39 Å². The zero-order chi connectivity index (χ0) is 14.8. The number of likely N-dealkylation sites (tertiary alicyclic amines) is 1. The number of halogens is 1. The fraction of sp³-hybridized carbons (Fsp3) is 0.429. The molecule has 0 bridgehead atoms. The van der Waals surface area contributed by atoms with Gasteiger partial charge in [-0.05, 0) is 55.7 Å². The van der Waals surface area contributed by atoms with Crippen LogP contribution in [0.4, 0.5) is 4.39 Å². The molecule has 0 aliphatic carbocycles. The van der Waals surface area contributed by atoms with E-state index >= 15 is 0 Å². The summed E-state index contributed by atoms with van der Waals surface area (Å²) in [7, 11) is 0. The molecule has 1 fully saturated rings. The molecule has 110 valence electrons. The van der Waals surface area contributed by atoms with Gasteiger partial charge in [-0.2, -0.15) is 0 Å². The molecule has 7 heteroatoms. The molecular formula is C14H16FN5O. The average Bonchev–Trinajstić information content (AvgIpc) is 2.98. The van der Waals surface area contributed by atoms with E-state index in [-0.39, 0.29) is 23.6 Å². The van der Waals surface area contributed by atoms with Crippen LogP contribution in [0.2, 0.25) is 0 Å². The van der Waals surface area contributed by atoms with E-state index in [2.05, 4.69) is 15.4 Å². The Morgan fingerprint density at radius 2 is 2.05 bits per heavy atom. The number of nitrogens with zero attached hydrogens (tertiary/aromatic N) is 5. The molecule has 1 amide bonds. The van der Waals surface area contributed by atoms with Gasteiger partial charge in [-0.3, -0.25) is 4.79 Å². The molecule has 0 N–H and O–H groups in total. The highest BCUT2D eigenvalue weighted by atomic mass is 19.1. The quantitative estimate of drug-likeness (QED) is 0.846. The maximum absolute atomic E-state index is 12.9. The van der Waals surface area contributed by atoms with Gasteiger partial charge in [0.25, 0.3) is 11.7 Å². The van der Waals surface area contributed by atoms with Gasteiger partial charge in [-0.15, -0.1) is 15.0 Å². The van der Waals surface area contributed by atoms with E-state index in [1.54, 1.807) is 4.90 Å². The molecule has 21 heavy (non-hydrogen) atoms. The largest absolute Gasteiger partial charge is 0.333 e. The molecule has 0 radical (unpaired) electrons. The van der Waals surface area contributed by atoms with Crippen molar-refractivity contribution in [2.75, 3.05) is 6.54 Å². The fourth-order valence-electron chi connectivity index (χ4n) is 2.51. The van der Waals surface area contributed by atoms with Crippen molar-refractivity contribution in [3.8, 4) is 5.69 Å². The van der Waals surface area contributed by atoms with Crippen LogP contribution in [-0.2, 0) is 0 Å². The Labute approximate surface area is 121 Å². The highest BCUT2D eigenvalue weighted by Gasteiger charge is 2.27. The van der Waals surface area contributed by atoms with Crippen molar-refractivity contribution in [1.29, 1.82) is 0 Å². The van der Waals surface area contributed by atoms with Crippen LogP contribution in [0, 0.1) is 5.82 Å². The van der Waals surface area contributed by atoms with Crippen LogP contribution in [0.5, 0.6) is 0 Å². The number of carbonyl (C=O) groups excluding carboxylic acids is 1. The molecule has 1 aliphatic heterocycles. The molecule has 1 aliphatic rings. The van der Waals surface area contributed by atoms with E-state index in [0.717, 1.165) is 25.8 Å². The molecular weight excluding hydrogens is 273 g/mol. The van der Waals surface area contributed by atoms with Crippen LogP contribution >= 0.6 is 0 Å². The molecule has 0 spiro atoms. The van der Waals surface area contributed by atoms with E-state index in [1.807, 2.05) is 6.92 Å². The second-order valence-corrected chi connectivity index (χ2v) is 5.22.